The molecule has 0 saturated carbocycles. The van der Waals surface area contributed by atoms with E-state index in [4.69, 9.17) is 16.6 Å². The second-order valence-corrected chi connectivity index (χ2v) is 2.87. The molecular formula is C8H8BClO3. The fraction of sp³-hybridized carbons (Fsp3) is 0.125. The van der Waals surface area contributed by atoms with E-state index >= 15 is 0 Å². The predicted molar refractivity (Wildman–Crippen MR) is 51.8 cm³/mol. The minimum Gasteiger partial charge on any atom is -0.465 e. The van der Waals surface area contributed by atoms with E-state index in [0.29, 0.717) is 10.5 Å². The third-order valence-electron chi connectivity index (χ3n) is 1.62. The van der Waals surface area contributed by atoms with Gasteiger partial charge in [0.25, 0.3) is 0 Å². The van der Waals surface area contributed by atoms with Gasteiger partial charge in [-0.2, -0.15) is 0 Å². The van der Waals surface area contributed by atoms with Gasteiger partial charge in [0, 0.05) is 0 Å². The maximum absolute atomic E-state index is 11.1. The highest BCUT2D eigenvalue weighted by Gasteiger charge is 2.10. The predicted octanol–water partition coefficient (Wildman–Crippen LogP) is 0.0957. The van der Waals surface area contributed by atoms with Crippen molar-refractivity contribution in [2.45, 2.75) is 0 Å². The molecule has 0 aliphatic carbocycles. The second-order valence-electron chi connectivity index (χ2n) is 2.46. The average molecular weight is 198 g/mol. The Labute approximate surface area is 81.6 Å². The number of benzene rings is 1. The van der Waals surface area contributed by atoms with E-state index in [0.717, 1.165) is 0 Å². The van der Waals surface area contributed by atoms with Gasteiger partial charge in [0.15, 0.2) is 0 Å². The topological polar surface area (TPSA) is 46.5 Å². The molecule has 1 N–H and O–H groups in total. The van der Waals surface area contributed by atoms with Gasteiger partial charge in [0.2, 0.25) is 0 Å². The highest BCUT2D eigenvalue weighted by atomic mass is 35.5. The van der Waals surface area contributed by atoms with E-state index in [9.17, 15) is 4.79 Å². The van der Waals surface area contributed by atoms with Gasteiger partial charge in [0.05, 0.1) is 17.7 Å². The van der Waals surface area contributed by atoms with Crippen LogP contribution in [0, 0.1) is 0 Å². The van der Waals surface area contributed by atoms with E-state index < -0.39 is 5.97 Å². The van der Waals surface area contributed by atoms with E-state index in [-0.39, 0.29) is 13.0 Å². The minimum atomic E-state index is -0.500. The molecule has 5 heteroatoms. The lowest BCUT2D eigenvalue weighted by Gasteiger charge is -2.03. The third-order valence-corrected chi connectivity index (χ3v) is 1.95. The summed E-state index contributed by atoms with van der Waals surface area (Å²) in [6.45, 7) is 0. The molecule has 0 aromatic heterocycles. The van der Waals surface area contributed by atoms with E-state index in [1.165, 1.54) is 13.2 Å². The number of esters is 1. The van der Waals surface area contributed by atoms with Crippen LogP contribution in [0.1, 0.15) is 10.4 Å². The molecule has 0 unspecified atom stereocenters. The highest BCUT2D eigenvalue weighted by molar-refractivity contribution is 6.46. The maximum Gasteiger partial charge on any atom is 0.339 e. The van der Waals surface area contributed by atoms with Crippen molar-refractivity contribution in [3.05, 3.63) is 28.8 Å². The normalized spacial score (nSPS) is 9.46. The first kappa shape index (κ1) is 10.1. The Morgan fingerprint density at radius 1 is 1.62 bits per heavy atom. The summed E-state index contributed by atoms with van der Waals surface area (Å²) in [7, 11) is 1.16. The lowest BCUT2D eigenvalue weighted by molar-refractivity contribution is 0.0601. The molecule has 0 radical (unpaired) electrons. The number of carbonyl (C=O) groups is 1. The van der Waals surface area contributed by atoms with Crippen LogP contribution in [0.25, 0.3) is 0 Å². The molecule has 13 heavy (non-hydrogen) atoms. The molecule has 0 amide bonds. The lowest BCUT2D eigenvalue weighted by Crippen LogP contribution is -2.16. The molecule has 1 aromatic carbocycles. The van der Waals surface area contributed by atoms with Crippen LogP contribution < -0.4 is 5.46 Å². The van der Waals surface area contributed by atoms with E-state index in [1.54, 1.807) is 12.1 Å². The Bertz CT molecular complexity index is 327. The molecule has 0 aliphatic heterocycles. The summed E-state index contributed by atoms with van der Waals surface area (Å²) >= 11 is 5.74. The molecular weight excluding hydrogens is 190 g/mol. The van der Waals surface area contributed by atoms with Crippen LogP contribution in [0.3, 0.4) is 0 Å². The zero-order valence-electron chi connectivity index (χ0n) is 7.08. The van der Waals surface area contributed by atoms with Gasteiger partial charge in [-0.15, -0.1) is 0 Å². The van der Waals surface area contributed by atoms with Crippen LogP contribution >= 0.6 is 11.6 Å². The molecule has 0 bridgehead atoms. The van der Waals surface area contributed by atoms with Crippen molar-refractivity contribution in [3.63, 3.8) is 0 Å². The van der Waals surface area contributed by atoms with Crippen LogP contribution in [0.2, 0.25) is 5.02 Å². The number of methoxy groups -OCH3 is 1. The zero-order valence-corrected chi connectivity index (χ0v) is 7.84. The number of hydrogen-bond donors (Lipinski definition) is 1. The van der Waals surface area contributed by atoms with Crippen molar-refractivity contribution in [1.29, 1.82) is 0 Å². The van der Waals surface area contributed by atoms with Crippen molar-refractivity contribution < 1.29 is 14.6 Å². The number of halogens is 1. The summed E-state index contributed by atoms with van der Waals surface area (Å²) in [5.41, 5.74) is 0.903. The Hall–Kier alpha value is -0.995. The van der Waals surface area contributed by atoms with Crippen LogP contribution in [-0.2, 0) is 4.74 Å². The van der Waals surface area contributed by atoms with Gasteiger partial charge >= 0.3 is 13.5 Å². The third kappa shape index (κ3) is 2.23. The molecule has 0 saturated heterocycles. The van der Waals surface area contributed by atoms with Crippen molar-refractivity contribution in [1.82, 2.24) is 0 Å². The largest absolute Gasteiger partial charge is 0.465 e. The molecule has 3 nitrogen and oxygen atoms in total. The SMILES string of the molecule is COC(=O)c1cc(BO)ccc1Cl. The second kappa shape index (κ2) is 4.30. The quantitative estimate of drug-likeness (QED) is 0.541. The van der Waals surface area contributed by atoms with Crippen molar-refractivity contribution in [2.75, 3.05) is 7.11 Å². The Morgan fingerprint density at radius 3 is 2.85 bits per heavy atom. The number of carbonyl (C=O) groups excluding carboxylic acids is 1. The molecule has 0 fully saturated rings. The first-order valence-corrected chi connectivity index (χ1v) is 4.04. The van der Waals surface area contributed by atoms with Crippen LogP contribution in [0.15, 0.2) is 18.2 Å². The summed E-state index contributed by atoms with van der Waals surface area (Å²) in [4.78, 5) is 11.1. The molecule has 0 atom stereocenters. The smallest absolute Gasteiger partial charge is 0.339 e. The summed E-state index contributed by atoms with van der Waals surface area (Å²) in [6.07, 6.45) is 0. The molecule has 1 aromatic rings. The van der Waals surface area contributed by atoms with Gasteiger partial charge < -0.3 is 9.76 Å². The Balaban J connectivity index is 3.11. The number of ether oxygens (including phenoxy) is 1. The summed E-state index contributed by atoms with van der Waals surface area (Å²) in [6, 6.07) is 4.71. The average Bonchev–Trinajstić information content (AvgIpc) is 2.17. The Morgan fingerprint density at radius 2 is 2.31 bits per heavy atom. The first-order chi connectivity index (χ1) is 6.19. The van der Waals surface area contributed by atoms with Crippen molar-refractivity contribution >= 4 is 30.5 Å². The number of hydrogen-bond acceptors (Lipinski definition) is 3. The van der Waals surface area contributed by atoms with Crippen molar-refractivity contribution in [2.24, 2.45) is 0 Å². The summed E-state index contributed by atoms with van der Waals surface area (Å²) in [5.74, 6) is -0.500. The van der Waals surface area contributed by atoms with Gasteiger partial charge in [0.1, 0.15) is 0 Å². The van der Waals surface area contributed by atoms with Gasteiger partial charge in [-0.25, -0.2) is 4.79 Å². The highest BCUT2D eigenvalue weighted by Crippen LogP contribution is 2.14. The van der Waals surface area contributed by atoms with E-state index in [1.807, 2.05) is 0 Å². The zero-order chi connectivity index (χ0) is 9.84. The van der Waals surface area contributed by atoms with E-state index in [2.05, 4.69) is 4.74 Å². The Kier molecular flexibility index (Phi) is 3.34. The van der Waals surface area contributed by atoms with Gasteiger partial charge in [-0.05, 0) is 12.1 Å². The van der Waals surface area contributed by atoms with Gasteiger partial charge in [-0.3, -0.25) is 0 Å². The fourth-order valence-corrected chi connectivity index (χ4v) is 1.13. The number of rotatable bonds is 2. The molecule has 0 aliphatic rings. The van der Waals surface area contributed by atoms with Crippen molar-refractivity contribution in [3.8, 4) is 0 Å². The molecule has 0 spiro atoms. The lowest BCUT2D eigenvalue weighted by atomic mass is 9.88. The molecule has 1 rings (SSSR count). The summed E-state index contributed by atoms with van der Waals surface area (Å²) < 4.78 is 4.51. The van der Waals surface area contributed by atoms with Crippen LogP contribution in [-0.4, -0.2) is 25.6 Å². The molecule has 68 valence electrons. The standard InChI is InChI=1S/C8H8BClO3/c1-13-8(11)6-4-5(9-12)2-3-7(6)10/h2-4,9,12H,1H3. The first-order valence-electron chi connectivity index (χ1n) is 3.66. The van der Waals surface area contributed by atoms with Crippen LogP contribution in [0.4, 0.5) is 0 Å². The maximum atomic E-state index is 11.1. The monoisotopic (exact) mass is 198 g/mol. The minimum absolute atomic E-state index is 0.124. The molecule has 0 heterocycles. The van der Waals surface area contributed by atoms with Gasteiger partial charge in [-0.1, -0.05) is 23.1 Å². The summed E-state index contributed by atoms with van der Waals surface area (Å²) in [5, 5.41) is 9.14. The fourth-order valence-electron chi connectivity index (χ4n) is 0.937. The van der Waals surface area contributed by atoms with Crippen LogP contribution in [0.5, 0.6) is 0 Å².